The third-order valence-electron chi connectivity index (χ3n) is 6.81. The lowest BCUT2D eigenvalue weighted by Gasteiger charge is -2.34. The van der Waals surface area contributed by atoms with Crippen molar-refractivity contribution in [1.29, 1.82) is 0 Å². The minimum absolute atomic E-state index is 0.000560. The molecule has 3 aliphatic rings. The van der Waals surface area contributed by atoms with Crippen LogP contribution in [-0.2, 0) is 14.3 Å². The molecule has 1 saturated carbocycles. The molecule has 180 valence electrons. The number of aryl methyl sites for hydroxylation is 1. The Morgan fingerprint density at radius 3 is 2.82 bits per heavy atom. The molecule has 4 unspecified atom stereocenters. The summed E-state index contributed by atoms with van der Waals surface area (Å²) in [5.41, 5.74) is 0.694. The first-order valence-corrected chi connectivity index (χ1v) is 12.8. The smallest absolute Gasteiger partial charge is 0.280 e. The van der Waals surface area contributed by atoms with Crippen molar-refractivity contribution >= 4 is 40.5 Å². The number of thiazole rings is 1. The Bertz CT molecular complexity index is 1100. The van der Waals surface area contributed by atoms with E-state index in [4.69, 9.17) is 16.3 Å². The number of fused-ring (bicyclic) bond motifs is 1. The van der Waals surface area contributed by atoms with Crippen LogP contribution in [0.15, 0.2) is 18.5 Å². The summed E-state index contributed by atoms with van der Waals surface area (Å²) in [4.78, 5) is 54.4. The van der Waals surface area contributed by atoms with Crippen LogP contribution >= 0.6 is 22.9 Å². The van der Waals surface area contributed by atoms with Crippen molar-refractivity contribution < 1.29 is 19.1 Å². The van der Waals surface area contributed by atoms with Crippen LogP contribution in [0, 0.1) is 12.8 Å². The van der Waals surface area contributed by atoms with E-state index in [-0.39, 0.29) is 35.8 Å². The Morgan fingerprint density at radius 2 is 2.06 bits per heavy atom. The molecule has 1 aliphatic carbocycles. The number of nitrogens with zero attached hydrogens (tertiary/aromatic N) is 4. The van der Waals surface area contributed by atoms with Gasteiger partial charge >= 0.3 is 0 Å². The molecule has 0 spiro atoms. The number of hydrogen-bond donors (Lipinski definition) is 1. The monoisotopic (exact) mass is 503 g/mol. The second-order valence-electron chi connectivity index (χ2n) is 9.06. The number of aromatic nitrogens is 3. The van der Waals surface area contributed by atoms with Gasteiger partial charge in [-0.3, -0.25) is 14.4 Å². The third kappa shape index (κ3) is 4.46. The number of halogens is 1. The Kier molecular flexibility index (Phi) is 6.63. The summed E-state index contributed by atoms with van der Waals surface area (Å²) < 4.78 is 5.53. The maximum atomic E-state index is 13.7. The lowest BCUT2D eigenvalue weighted by Crippen LogP contribution is -2.55. The van der Waals surface area contributed by atoms with Gasteiger partial charge in [0.25, 0.3) is 5.91 Å². The predicted molar refractivity (Wildman–Crippen MR) is 126 cm³/mol. The fourth-order valence-electron chi connectivity index (χ4n) is 5.15. The number of amides is 2. The zero-order valence-electron chi connectivity index (χ0n) is 18.8. The minimum atomic E-state index is -0.738. The highest BCUT2D eigenvalue weighted by Crippen LogP contribution is 2.34. The molecule has 2 amide bonds. The first-order valence-electron chi connectivity index (χ1n) is 11.6. The number of ether oxygens (including phenoxy) is 1. The molecule has 2 aromatic heterocycles. The van der Waals surface area contributed by atoms with Gasteiger partial charge in [-0.25, -0.2) is 15.0 Å². The molecule has 1 N–H and O–H groups in total. The second-order valence-corrected chi connectivity index (χ2v) is 10.7. The molecule has 34 heavy (non-hydrogen) atoms. The number of rotatable bonds is 5. The molecule has 2 aliphatic heterocycles. The average molecular weight is 504 g/mol. The molecular weight excluding hydrogens is 478 g/mol. The Balaban J connectivity index is 1.37. The molecule has 0 radical (unpaired) electrons. The van der Waals surface area contributed by atoms with Gasteiger partial charge in [0.2, 0.25) is 5.91 Å². The Hall–Kier alpha value is -2.43. The van der Waals surface area contributed by atoms with Crippen molar-refractivity contribution in [3.8, 4) is 10.6 Å². The maximum Gasteiger partial charge on any atom is 0.280 e. The Morgan fingerprint density at radius 1 is 1.26 bits per heavy atom. The van der Waals surface area contributed by atoms with E-state index >= 15 is 0 Å². The molecular formula is C23H26ClN5O4S. The summed E-state index contributed by atoms with van der Waals surface area (Å²) in [5, 5.41) is 2.77. The zero-order chi connectivity index (χ0) is 23.8. The van der Waals surface area contributed by atoms with Gasteiger partial charge in [0, 0.05) is 18.9 Å². The van der Waals surface area contributed by atoms with E-state index < -0.39 is 29.5 Å². The normalized spacial score (nSPS) is 25.9. The highest BCUT2D eigenvalue weighted by atomic mass is 35.5. The van der Waals surface area contributed by atoms with Crippen molar-refractivity contribution in [2.24, 2.45) is 5.92 Å². The summed E-state index contributed by atoms with van der Waals surface area (Å²) in [6.07, 6.45) is 7.60. The van der Waals surface area contributed by atoms with Gasteiger partial charge < -0.3 is 15.0 Å². The highest BCUT2D eigenvalue weighted by Gasteiger charge is 2.53. The van der Waals surface area contributed by atoms with Gasteiger partial charge in [0.15, 0.2) is 10.8 Å². The van der Waals surface area contributed by atoms with E-state index in [0.717, 1.165) is 37.0 Å². The minimum Gasteiger partial charge on any atom is -0.366 e. The van der Waals surface area contributed by atoms with E-state index in [0.29, 0.717) is 11.5 Å². The first kappa shape index (κ1) is 23.3. The van der Waals surface area contributed by atoms with E-state index in [1.54, 1.807) is 25.4 Å². The summed E-state index contributed by atoms with van der Waals surface area (Å²) in [6, 6.07) is 0.354. The van der Waals surface area contributed by atoms with E-state index in [1.165, 1.54) is 16.2 Å². The van der Waals surface area contributed by atoms with Crippen molar-refractivity contribution in [3.63, 3.8) is 0 Å². The molecule has 3 fully saturated rings. The molecule has 2 saturated heterocycles. The number of alkyl halides is 1. The van der Waals surface area contributed by atoms with Crippen LogP contribution in [-0.4, -0.2) is 74.2 Å². The molecule has 5 rings (SSSR count). The summed E-state index contributed by atoms with van der Waals surface area (Å²) in [7, 11) is 0. The number of ketones is 1. The zero-order valence-corrected chi connectivity index (χ0v) is 20.3. The Labute approximate surface area is 206 Å². The lowest BCUT2D eigenvalue weighted by molar-refractivity contribution is -0.139. The van der Waals surface area contributed by atoms with Gasteiger partial charge in [-0.1, -0.05) is 19.3 Å². The fraction of sp³-hybridized carbons (Fsp3) is 0.565. The summed E-state index contributed by atoms with van der Waals surface area (Å²) in [6.45, 7) is 2.00. The average Bonchev–Trinajstić information content (AvgIpc) is 3.56. The maximum absolute atomic E-state index is 13.7. The number of nitrogens with one attached hydrogen (secondary N) is 1. The van der Waals surface area contributed by atoms with E-state index in [1.807, 2.05) is 0 Å². The van der Waals surface area contributed by atoms with Crippen molar-refractivity contribution in [2.75, 3.05) is 13.2 Å². The third-order valence-corrected chi connectivity index (χ3v) is 8.21. The van der Waals surface area contributed by atoms with Crippen molar-refractivity contribution in [2.45, 2.75) is 62.6 Å². The molecule has 4 atom stereocenters. The largest absolute Gasteiger partial charge is 0.366 e. The molecule has 0 bridgehead atoms. The number of likely N-dealkylation sites (tertiary alicyclic amines) is 1. The van der Waals surface area contributed by atoms with Gasteiger partial charge in [-0.2, -0.15) is 0 Å². The van der Waals surface area contributed by atoms with Crippen LogP contribution in [0.1, 0.15) is 47.7 Å². The van der Waals surface area contributed by atoms with Crippen LogP contribution in [0.3, 0.4) is 0 Å². The number of Topliss-reactive ketones (excluding diaryl/α,β-unsaturated/α-hetero) is 1. The van der Waals surface area contributed by atoms with Crippen LogP contribution in [0.2, 0.25) is 0 Å². The van der Waals surface area contributed by atoms with E-state index in [9.17, 15) is 14.4 Å². The number of hydrogen-bond acceptors (Lipinski definition) is 8. The molecule has 4 heterocycles. The van der Waals surface area contributed by atoms with Crippen LogP contribution in [0.25, 0.3) is 10.6 Å². The fourth-order valence-corrected chi connectivity index (χ4v) is 6.29. The SMILES string of the molecule is Cc1nccc(-c2cnc(C(=O)NC(C(=O)N3CC(Cl)C4OCC(=O)C43)C3CCCCC3)s2)n1. The highest BCUT2D eigenvalue weighted by molar-refractivity contribution is 7.16. The second kappa shape index (κ2) is 9.67. The molecule has 2 aromatic rings. The van der Waals surface area contributed by atoms with Gasteiger partial charge in [-0.15, -0.1) is 22.9 Å². The standard InChI is InChI=1S/C23H26ClN5O4S/c1-12-25-8-7-15(27-12)17-9-26-22(34-17)21(31)28-18(13-5-3-2-4-6-13)23(32)29-10-14(24)20-19(29)16(30)11-33-20/h7-9,13-14,18-20H,2-6,10-11H2,1H3,(H,28,31). The lowest BCUT2D eigenvalue weighted by atomic mass is 9.83. The number of carbonyl (C=O) groups excluding carboxylic acids is 3. The van der Waals surface area contributed by atoms with Crippen LogP contribution < -0.4 is 5.32 Å². The van der Waals surface area contributed by atoms with Gasteiger partial charge in [0.05, 0.1) is 15.9 Å². The topological polar surface area (TPSA) is 114 Å². The van der Waals surface area contributed by atoms with E-state index in [2.05, 4.69) is 20.3 Å². The van der Waals surface area contributed by atoms with Crippen molar-refractivity contribution in [3.05, 3.63) is 29.3 Å². The van der Waals surface area contributed by atoms with Gasteiger partial charge in [-0.05, 0) is 31.7 Å². The number of carbonyl (C=O) groups is 3. The summed E-state index contributed by atoms with van der Waals surface area (Å²) >= 11 is 7.62. The molecule has 9 nitrogen and oxygen atoms in total. The molecule has 11 heteroatoms. The van der Waals surface area contributed by atoms with Crippen LogP contribution in [0.4, 0.5) is 0 Å². The summed E-state index contributed by atoms with van der Waals surface area (Å²) in [5.74, 6) is -0.176. The first-order chi connectivity index (χ1) is 16.4. The predicted octanol–water partition coefficient (Wildman–Crippen LogP) is 2.37. The molecule has 0 aromatic carbocycles. The quantitative estimate of drug-likeness (QED) is 0.623. The van der Waals surface area contributed by atoms with Crippen molar-refractivity contribution in [1.82, 2.24) is 25.2 Å². The van der Waals surface area contributed by atoms with Gasteiger partial charge in [0.1, 0.15) is 30.6 Å². The van der Waals surface area contributed by atoms with Crippen LogP contribution in [0.5, 0.6) is 0 Å².